The Bertz CT molecular complexity index is 809. The molecule has 0 bridgehead atoms. The van der Waals surface area contributed by atoms with E-state index < -0.39 is 5.60 Å². The Morgan fingerprint density at radius 1 is 1.21 bits per heavy atom. The molecule has 0 radical (unpaired) electrons. The first-order chi connectivity index (χ1) is 13.1. The molecule has 0 aliphatic carbocycles. The van der Waals surface area contributed by atoms with Crippen LogP contribution in [0.15, 0.2) is 18.2 Å². The van der Waals surface area contributed by atoms with Gasteiger partial charge in [-0.25, -0.2) is 0 Å². The minimum Gasteiger partial charge on any atom is -0.460 e. The van der Waals surface area contributed by atoms with Crippen LogP contribution in [-0.2, 0) is 29.0 Å². The summed E-state index contributed by atoms with van der Waals surface area (Å²) in [4.78, 5) is 11.9. The average molecular weight is 428 g/mol. The van der Waals surface area contributed by atoms with Crippen molar-refractivity contribution in [3.05, 3.63) is 39.6 Å². The monoisotopic (exact) mass is 427 g/mol. The largest absolute Gasteiger partial charge is 0.460 e. The molecule has 0 aliphatic heterocycles. The summed E-state index contributed by atoms with van der Waals surface area (Å²) in [6.45, 7) is 8.34. The number of hydrogen-bond donors (Lipinski definition) is 1. The first-order valence-electron chi connectivity index (χ1n) is 9.27. The van der Waals surface area contributed by atoms with Crippen molar-refractivity contribution < 1.29 is 14.3 Å². The van der Waals surface area contributed by atoms with E-state index in [-0.39, 0.29) is 12.5 Å². The third kappa shape index (κ3) is 6.40. The van der Waals surface area contributed by atoms with Crippen LogP contribution >= 0.6 is 23.2 Å². The van der Waals surface area contributed by atoms with E-state index in [9.17, 15) is 4.79 Å². The number of carbonyl (C=O) groups is 1. The summed E-state index contributed by atoms with van der Waals surface area (Å²) >= 11 is 12.1. The number of esters is 1. The van der Waals surface area contributed by atoms with Crippen molar-refractivity contribution in [3.8, 4) is 11.5 Å². The van der Waals surface area contributed by atoms with E-state index in [1.54, 1.807) is 22.9 Å². The molecule has 0 saturated heterocycles. The molecule has 0 fully saturated rings. The van der Waals surface area contributed by atoms with Gasteiger partial charge in [0.15, 0.2) is 5.75 Å². The Hall–Kier alpha value is -1.76. The molecule has 6 nitrogen and oxygen atoms in total. The molecule has 154 valence electrons. The zero-order chi connectivity index (χ0) is 20.9. The van der Waals surface area contributed by atoms with Crippen molar-refractivity contribution in [1.82, 2.24) is 9.78 Å². The normalized spacial score (nSPS) is 11.5. The van der Waals surface area contributed by atoms with Crippen molar-refractivity contribution in [2.75, 3.05) is 0 Å². The number of ether oxygens (including phenoxy) is 2. The molecule has 28 heavy (non-hydrogen) atoms. The molecule has 1 heterocycles. The van der Waals surface area contributed by atoms with Gasteiger partial charge in [0.2, 0.25) is 0 Å². The fourth-order valence-corrected chi connectivity index (χ4v) is 3.24. The van der Waals surface area contributed by atoms with Crippen molar-refractivity contribution in [2.45, 2.75) is 65.6 Å². The van der Waals surface area contributed by atoms with Gasteiger partial charge in [0.25, 0.3) is 0 Å². The number of aryl methyl sites for hydroxylation is 2. The molecule has 2 N–H and O–H groups in total. The number of nitrogens with zero attached hydrogens (tertiary/aromatic N) is 2. The molecule has 8 heteroatoms. The number of benzene rings is 1. The number of hydrogen-bond acceptors (Lipinski definition) is 5. The van der Waals surface area contributed by atoms with Crippen LogP contribution in [0, 0.1) is 0 Å². The predicted molar refractivity (Wildman–Crippen MR) is 111 cm³/mol. The number of nitrogens with two attached hydrogens (primary N) is 1. The SMILES string of the molecule is CCc1nn(CCCC(=O)OC(C)(C)C)c(CN)c1Oc1cc(Cl)cc(Cl)c1. The molecule has 2 aromatic rings. The lowest BCUT2D eigenvalue weighted by atomic mass is 10.2. The third-order valence-corrected chi connectivity index (χ3v) is 4.27. The summed E-state index contributed by atoms with van der Waals surface area (Å²) in [5.41, 5.74) is 7.02. The van der Waals surface area contributed by atoms with Crippen LogP contribution in [-0.4, -0.2) is 21.4 Å². The number of aromatic nitrogens is 2. The second-order valence-electron chi connectivity index (χ2n) is 7.40. The van der Waals surface area contributed by atoms with Crippen molar-refractivity contribution in [1.29, 1.82) is 0 Å². The summed E-state index contributed by atoms with van der Waals surface area (Å²) in [6.07, 6.45) is 1.58. The first-order valence-corrected chi connectivity index (χ1v) is 10.0. The van der Waals surface area contributed by atoms with Crippen LogP contribution in [0.1, 0.15) is 51.9 Å². The topological polar surface area (TPSA) is 79.4 Å². The minimum absolute atomic E-state index is 0.227. The van der Waals surface area contributed by atoms with Gasteiger partial charge >= 0.3 is 5.97 Å². The lowest BCUT2D eigenvalue weighted by Gasteiger charge is -2.19. The van der Waals surface area contributed by atoms with E-state index in [0.717, 1.165) is 11.4 Å². The Kier molecular flexibility index (Phi) is 7.75. The van der Waals surface area contributed by atoms with Crippen molar-refractivity contribution in [2.24, 2.45) is 5.73 Å². The first kappa shape index (κ1) is 22.5. The van der Waals surface area contributed by atoms with Gasteiger partial charge in [-0.15, -0.1) is 0 Å². The molecule has 1 aromatic heterocycles. The molecular weight excluding hydrogens is 401 g/mol. The maximum Gasteiger partial charge on any atom is 0.306 e. The van der Waals surface area contributed by atoms with Crippen LogP contribution in [0.4, 0.5) is 0 Å². The van der Waals surface area contributed by atoms with Crippen molar-refractivity contribution in [3.63, 3.8) is 0 Å². The van der Waals surface area contributed by atoms with E-state index >= 15 is 0 Å². The van der Waals surface area contributed by atoms with Crippen LogP contribution in [0.3, 0.4) is 0 Å². The highest BCUT2D eigenvalue weighted by Crippen LogP contribution is 2.33. The van der Waals surface area contributed by atoms with Gasteiger partial charge in [0, 0.05) is 29.6 Å². The van der Waals surface area contributed by atoms with Crippen LogP contribution < -0.4 is 10.5 Å². The fraction of sp³-hybridized carbons (Fsp3) is 0.500. The molecule has 0 saturated carbocycles. The highest BCUT2D eigenvalue weighted by atomic mass is 35.5. The average Bonchev–Trinajstić information content (AvgIpc) is 2.88. The Morgan fingerprint density at radius 3 is 2.39 bits per heavy atom. The molecule has 0 amide bonds. The summed E-state index contributed by atoms with van der Waals surface area (Å²) in [5, 5.41) is 5.58. The summed E-state index contributed by atoms with van der Waals surface area (Å²) in [6, 6.07) is 5.01. The quantitative estimate of drug-likeness (QED) is 0.590. The lowest BCUT2D eigenvalue weighted by molar-refractivity contribution is -0.154. The van der Waals surface area contributed by atoms with Crippen LogP contribution in [0.5, 0.6) is 11.5 Å². The number of carbonyl (C=O) groups excluding carboxylic acids is 1. The Labute approximate surface area is 175 Å². The summed E-state index contributed by atoms with van der Waals surface area (Å²) in [7, 11) is 0. The van der Waals surface area contributed by atoms with Crippen LogP contribution in [0.25, 0.3) is 0 Å². The van der Waals surface area contributed by atoms with Gasteiger partial charge in [0.1, 0.15) is 17.0 Å². The van der Waals surface area contributed by atoms with Crippen molar-refractivity contribution >= 4 is 29.2 Å². The van der Waals surface area contributed by atoms with E-state index in [1.165, 1.54) is 0 Å². The fourth-order valence-electron chi connectivity index (χ4n) is 2.74. The molecule has 0 atom stereocenters. The number of halogens is 2. The smallest absolute Gasteiger partial charge is 0.306 e. The summed E-state index contributed by atoms with van der Waals surface area (Å²) < 4.78 is 13.2. The maximum absolute atomic E-state index is 11.9. The van der Waals surface area contributed by atoms with Gasteiger partial charge < -0.3 is 15.2 Å². The van der Waals surface area contributed by atoms with E-state index in [2.05, 4.69) is 5.10 Å². The van der Waals surface area contributed by atoms with Gasteiger partial charge in [0.05, 0.1) is 5.69 Å². The zero-order valence-electron chi connectivity index (χ0n) is 16.7. The molecule has 0 unspecified atom stereocenters. The minimum atomic E-state index is -0.486. The number of rotatable bonds is 8. The Balaban J connectivity index is 2.15. The lowest BCUT2D eigenvalue weighted by Crippen LogP contribution is -2.24. The third-order valence-electron chi connectivity index (χ3n) is 3.83. The highest BCUT2D eigenvalue weighted by molar-refractivity contribution is 6.34. The second-order valence-corrected chi connectivity index (χ2v) is 8.27. The molecule has 1 aromatic carbocycles. The van der Waals surface area contributed by atoms with E-state index in [4.69, 9.17) is 38.4 Å². The van der Waals surface area contributed by atoms with E-state index in [1.807, 2.05) is 27.7 Å². The standard InChI is InChI=1S/C20H27Cl2N3O3/c1-5-16-19(27-15-10-13(21)9-14(22)11-15)17(12-23)25(24-16)8-6-7-18(26)28-20(2,3)4/h9-11H,5-8,12,23H2,1-4H3. The molecule has 0 spiro atoms. The highest BCUT2D eigenvalue weighted by Gasteiger charge is 2.20. The molecular formula is C20H27Cl2N3O3. The van der Waals surface area contributed by atoms with Gasteiger partial charge in [-0.05, 0) is 51.8 Å². The maximum atomic E-state index is 11.9. The Morgan fingerprint density at radius 2 is 1.86 bits per heavy atom. The zero-order valence-corrected chi connectivity index (χ0v) is 18.2. The van der Waals surface area contributed by atoms with Gasteiger partial charge in [-0.3, -0.25) is 9.48 Å². The molecule has 2 rings (SSSR count). The van der Waals surface area contributed by atoms with E-state index in [0.29, 0.717) is 47.4 Å². The predicted octanol–water partition coefficient (Wildman–Crippen LogP) is 5.13. The van der Waals surface area contributed by atoms with Crippen LogP contribution in [0.2, 0.25) is 10.0 Å². The molecule has 0 aliphatic rings. The van der Waals surface area contributed by atoms with Gasteiger partial charge in [-0.2, -0.15) is 5.10 Å². The van der Waals surface area contributed by atoms with Gasteiger partial charge in [-0.1, -0.05) is 30.1 Å². The summed E-state index contributed by atoms with van der Waals surface area (Å²) in [5.74, 6) is 0.908. The second kappa shape index (κ2) is 9.63.